The van der Waals surface area contributed by atoms with Crippen molar-refractivity contribution in [1.29, 1.82) is 0 Å². The summed E-state index contributed by atoms with van der Waals surface area (Å²) in [7, 11) is 3.11. The number of hydrogen-bond donors (Lipinski definition) is 1. The second-order valence-electron chi connectivity index (χ2n) is 3.19. The molecule has 0 aliphatic heterocycles. The van der Waals surface area contributed by atoms with Gasteiger partial charge in [0, 0.05) is 14.1 Å². The highest BCUT2D eigenvalue weighted by Gasteiger charge is 2.40. The van der Waals surface area contributed by atoms with Gasteiger partial charge in [-0.3, -0.25) is 9.59 Å². The lowest BCUT2D eigenvalue weighted by atomic mass is 9.86. The van der Waals surface area contributed by atoms with Gasteiger partial charge in [-0.2, -0.15) is 0 Å². The smallest absolute Gasteiger partial charge is 0.318 e. The van der Waals surface area contributed by atoms with Crippen LogP contribution in [0.2, 0.25) is 0 Å². The average Bonchev–Trinajstić information content (AvgIpc) is 2.01. The first kappa shape index (κ1) is 10.9. The van der Waals surface area contributed by atoms with Gasteiger partial charge in [-0.1, -0.05) is 6.92 Å². The van der Waals surface area contributed by atoms with Gasteiger partial charge in [0.05, 0.1) is 0 Å². The van der Waals surface area contributed by atoms with E-state index < -0.39 is 11.4 Å². The van der Waals surface area contributed by atoms with Gasteiger partial charge in [0.15, 0.2) is 0 Å². The zero-order valence-corrected chi connectivity index (χ0v) is 7.92. The van der Waals surface area contributed by atoms with Crippen LogP contribution in [0.5, 0.6) is 0 Å². The van der Waals surface area contributed by atoms with E-state index in [1.165, 1.54) is 11.8 Å². The van der Waals surface area contributed by atoms with Crippen LogP contribution in [-0.4, -0.2) is 36.0 Å². The number of carbonyl (C=O) groups excluding carboxylic acids is 1. The molecule has 0 aliphatic rings. The predicted octanol–water partition coefficient (Wildman–Crippen LogP) is 0.575. The Morgan fingerprint density at radius 1 is 1.42 bits per heavy atom. The first-order valence-corrected chi connectivity index (χ1v) is 3.81. The van der Waals surface area contributed by atoms with Gasteiger partial charge in [0.2, 0.25) is 5.91 Å². The van der Waals surface area contributed by atoms with E-state index in [1.54, 1.807) is 21.0 Å². The third-order valence-corrected chi connectivity index (χ3v) is 2.06. The molecule has 0 aromatic carbocycles. The minimum absolute atomic E-state index is 0.305. The van der Waals surface area contributed by atoms with E-state index in [-0.39, 0.29) is 5.91 Å². The molecule has 0 heterocycles. The van der Waals surface area contributed by atoms with Crippen molar-refractivity contribution in [2.75, 3.05) is 14.1 Å². The maximum atomic E-state index is 11.4. The van der Waals surface area contributed by atoms with E-state index in [0.717, 1.165) is 0 Å². The van der Waals surface area contributed by atoms with Crippen LogP contribution in [0.1, 0.15) is 20.3 Å². The van der Waals surface area contributed by atoms with E-state index >= 15 is 0 Å². The summed E-state index contributed by atoms with van der Waals surface area (Å²) in [6.45, 7) is 3.13. The van der Waals surface area contributed by atoms with Crippen LogP contribution in [0, 0.1) is 5.41 Å². The van der Waals surface area contributed by atoms with Crippen molar-refractivity contribution in [2.45, 2.75) is 20.3 Å². The van der Waals surface area contributed by atoms with E-state index in [2.05, 4.69) is 0 Å². The fourth-order valence-electron chi connectivity index (χ4n) is 0.887. The molecule has 1 unspecified atom stereocenters. The maximum Gasteiger partial charge on any atom is 0.318 e. The Kier molecular flexibility index (Phi) is 3.24. The minimum Gasteiger partial charge on any atom is -0.480 e. The number of carboxylic acid groups (broad SMARTS) is 1. The lowest BCUT2D eigenvalue weighted by Gasteiger charge is -2.25. The fourth-order valence-corrected chi connectivity index (χ4v) is 0.887. The minimum atomic E-state index is -1.27. The number of rotatable bonds is 3. The fraction of sp³-hybridized carbons (Fsp3) is 0.750. The van der Waals surface area contributed by atoms with Crippen LogP contribution >= 0.6 is 0 Å². The molecule has 1 N–H and O–H groups in total. The average molecular weight is 173 g/mol. The molecule has 0 aliphatic carbocycles. The molecule has 0 fully saturated rings. The van der Waals surface area contributed by atoms with Gasteiger partial charge < -0.3 is 10.0 Å². The molecule has 4 heteroatoms. The van der Waals surface area contributed by atoms with Crippen LogP contribution in [0.4, 0.5) is 0 Å². The maximum absolute atomic E-state index is 11.4. The molecule has 0 aromatic heterocycles. The van der Waals surface area contributed by atoms with Crippen LogP contribution in [-0.2, 0) is 9.59 Å². The number of carbonyl (C=O) groups is 2. The van der Waals surface area contributed by atoms with Crippen molar-refractivity contribution in [1.82, 2.24) is 4.90 Å². The molecule has 70 valence electrons. The molecule has 0 rings (SSSR count). The summed E-state index contributed by atoms with van der Waals surface area (Å²) >= 11 is 0. The summed E-state index contributed by atoms with van der Waals surface area (Å²) < 4.78 is 0. The monoisotopic (exact) mass is 173 g/mol. The van der Waals surface area contributed by atoms with E-state index in [4.69, 9.17) is 5.11 Å². The van der Waals surface area contributed by atoms with Gasteiger partial charge >= 0.3 is 5.97 Å². The van der Waals surface area contributed by atoms with Crippen molar-refractivity contribution in [2.24, 2.45) is 5.41 Å². The second-order valence-corrected chi connectivity index (χ2v) is 3.19. The standard InChI is InChI=1S/C8H15NO3/c1-5-8(2,7(11)12)6(10)9(3)4/h5H2,1-4H3,(H,11,12). The highest BCUT2D eigenvalue weighted by molar-refractivity contribution is 6.01. The molecule has 0 radical (unpaired) electrons. The molecule has 4 nitrogen and oxygen atoms in total. The summed E-state index contributed by atoms with van der Waals surface area (Å²) in [5.41, 5.74) is -1.27. The highest BCUT2D eigenvalue weighted by Crippen LogP contribution is 2.23. The number of amides is 1. The molecule has 1 amide bonds. The zero-order chi connectivity index (χ0) is 9.94. The third kappa shape index (κ3) is 1.75. The molecule has 0 bridgehead atoms. The van der Waals surface area contributed by atoms with Crippen molar-refractivity contribution < 1.29 is 14.7 Å². The van der Waals surface area contributed by atoms with Crippen molar-refractivity contribution in [3.05, 3.63) is 0 Å². The first-order valence-electron chi connectivity index (χ1n) is 3.81. The van der Waals surface area contributed by atoms with E-state index in [9.17, 15) is 9.59 Å². The quantitative estimate of drug-likeness (QED) is 0.635. The number of aliphatic carboxylic acids is 1. The third-order valence-electron chi connectivity index (χ3n) is 2.06. The predicted molar refractivity (Wildman–Crippen MR) is 44.7 cm³/mol. The van der Waals surface area contributed by atoms with Crippen LogP contribution < -0.4 is 0 Å². The van der Waals surface area contributed by atoms with Gasteiger partial charge in [-0.05, 0) is 13.3 Å². The summed E-state index contributed by atoms with van der Waals surface area (Å²) in [5.74, 6) is -1.43. The van der Waals surface area contributed by atoms with Gasteiger partial charge in [0.25, 0.3) is 0 Å². The van der Waals surface area contributed by atoms with Crippen molar-refractivity contribution >= 4 is 11.9 Å². The number of hydrogen-bond acceptors (Lipinski definition) is 2. The molecular weight excluding hydrogens is 158 g/mol. The van der Waals surface area contributed by atoms with E-state index in [0.29, 0.717) is 6.42 Å². The Balaban J connectivity index is 4.76. The molecule has 0 saturated carbocycles. The topological polar surface area (TPSA) is 57.6 Å². The second kappa shape index (κ2) is 3.56. The Morgan fingerprint density at radius 3 is 1.92 bits per heavy atom. The Morgan fingerprint density at radius 2 is 1.83 bits per heavy atom. The largest absolute Gasteiger partial charge is 0.480 e. The van der Waals surface area contributed by atoms with Crippen molar-refractivity contribution in [3.8, 4) is 0 Å². The van der Waals surface area contributed by atoms with Gasteiger partial charge in [-0.25, -0.2) is 0 Å². The first-order chi connectivity index (χ1) is 5.36. The van der Waals surface area contributed by atoms with Crippen LogP contribution in [0.15, 0.2) is 0 Å². The summed E-state index contributed by atoms with van der Waals surface area (Å²) in [4.78, 5) is 23.4. The normalized spacial score (nSPS) is 15.0. The molecule has 0 saturated heterocycles. The lowest BCUT2D eigenvalue weighted by molar-refractivity contribution is -0.158. The summed E-state index contributed by atoms with van der Waals surface area (Å²) in [6, 6.07) is 0. The Labute approximate surface area is 72.2 Å². The highest BCUT2D eigenvalue weighted by atomic mass is 16.4. The van der Waals surface area contributed by atoms with Crippen LogP contribution in [0.25, 0.3) is 0 Å². The van der Waals surface area contributed by atoms with Crippen LogP contribution in [0.3, 0.4) is 0 Å². The number of nitrogens with zero attached hydrogens (tertiary/aromatic N) is 1. The Bertz CT molecular complexity index is 200. The SMILES string of the molecule is CCC(C)(C(=O)O)C(=O)N(C)C. The van der Waals surface area contributed by atoms with E-state index in [1.807, 2.05) is 0 Å². The van der Waals surface area contributed by atoms with Gasteiger partial charge in [0.1, 0.15) is 5.41 Å². The van der Waals surface area contributed by atoms with Gasteiger partial charge in [-0.15, -0.1) is 0 Å². The summed E-state index contributed by atoms with van der Waals surface area (Å²) in [6.07, 6.45) is 0.305. The van der Waals surface area contributed by atoms with Crippen molar-refractivity contribution in [3.63, 3.8) is 0 Å². The zero-order valence-electron chi connectivity index (χ0n) is 7.92. The Hall–Kier alpha value is -1.06. The lowest BCUT2D eigenvalue weighted by Crippen LogP contribution is -2.43. The molecule has 0 spiro atoms. The molecular formula is C8H15NO3. The number of carboxylic acids is 1. The summed E-state index contributed by atoms with van der Waals surface area (Å²) in [5, 5.41) is 8.80. The molecule has 1 atom stereocenters. The molecule has 12 heavy (non-hydrogen) atoms. The molecule has 0 aromatic rings.